The van der Waals surface area contributed by atoms with E-state index in [0.29, 0.717) is 12.4 Å². The van der Waals surface area contributed by atoms with Crippen molar-refractivity contribution in [1.29, 1.82) is 0 Å². The number of amides is 1. The first kappa shape index (κ1) is 17.0. The molecule has 130 valence electrons. The number of pyridine rings is 1. The molecular formula is C20H22N2O3. The predicted octanol–water partition coefficient (Wildman–Crippen LogP) is 3.76. The molecule has 5 nitrogen and oxygen atoms in total. The molecule has 0 aliphatic carbocycles. The maximum Gasteiger partial charge on any atom is 0.249 e. The largest absolute Gasteiger partial charge is 0.493 e. The highest BCUT2D eigenvalue weighted by Crippen LogP contribution is 2.35. The number of hydrogen-bond donors (Lipinski definition) is 1. The summed E-state index contributed by atoms with van der Waals surface area (Å²) < 4.78 is 11.5. The summed E-state index contributed by atoms with van der Waals surface area (Å²) in [7, 11) is 0. The first-order valence-corrected chi connectivity index (χ1v) is 8.43. The molecule has 3 rings (SSSR count). The fraction of sp³-hybridized carbons (Fsp3) is 0.300. The van der Waals surface area contributed by atoms with Crippen molar-refractivity contribution in [2.75, 3.05) is 11.9 Å². The Labute approximate surface area is 147 Å². The van der Waals surface area contributed by atoms with Crippen molar-refractivity contribution in [3.8, 4) is 11.5 Å². The van der Waals surface area contributed by atoms with Crippen LogP contribution in [0.25, 0.3) is 6.08 Å². The van der Waals surface area contributed by atoms with E-state index in [1.165, 1.54) is 6.08 Å². The molecule has 1 aromatic heterocycles. The van der Waals surface area contributed by atoms with Crippen molar-refractivity contribution < 1.29 is 14.3 Å². The lowest BCUT2D eigenvalue weighted by Crippen LogP contribution is -2.09. The lowest BCUT2D eigenvalue weighted by atomic mass is 10.1. The van der Waals surface area contributed by atoms with Gasteiger partial charge in [0.05, 0.1) is 6.61 Å². The standard InChI is InChI=1S/C20H22N2O3/c1-4-24-17-11-16-9-14(3)25-18(16)10-15(17)6-8-20(23)22-19-7-5-13(2)12-21-19/h5-8,10-12,14H,4,9H2,1-3H3,(H,21,22,23)/b8-6+. The Morgan fingerprint density at radius 2 is 2.28 bits per heavy atom. The number of hydrogen-bond acceptors (Lipinski definition) is 4. The molecule has 1 unspecified atom stereocenters. The summed E-state index contributed by atoms with van der Waals surface area (Å²) >= 11 is 0. The Bertz CT molecular complexity index is 797. The van der Waals surface area contributed by atoms with Gasteiger partial charge in [-0.2, -0.15) is 0 Å². The molecule has 5 heteroatoms. The van der Waals surface area contributed by atoms with Gasteiger partial charge in [0.15, 0.2) is 0 Å². The molecule has 0 saturated heterocycles. The second kappa shape index (κ2) is 7.38. The molecule has 1 aromatic carbocycles. The Hall–Kier alpha value is -2.82. The van der Waals surface area contributed by atoms with Gasteiger partial charge in [0, 0.05) is 29.8 Å². The van der Waals surface area contributed by atoms with Crippen molar-refractivity contribution in [3.05, 3.63) is 53.2 Å². The predicted molar refractivity (Wildman–Crippen MR) is 98.0 cm³/mol. The number of carbonyl (C=O) groups is 1. The third-order valence-electron chi connectivity index (χ3n) is 3.91. The van der Waals surface area contributed by atoms with Crippen LogP contribution in [0.5, 0.6) is 11.5 Å². The number of carbonyl (C=O) groups excluding carboxylic acids is 1. The van der Waals surface area contributed by atoms with E-state index < -0.39 is 0 Å². The number of nitrogens with zero attached hydrogens (tertiary/aromatic N) is 1. The van der Waals surface area contributed by atoms with Crippen molar-refractivity contribution in [2.45, 2.75) is 33.3 Å². The molecule has 1 aliphatic heterocycles. The Balaban J connectivity index is 1.76. The summed E-state index contributed by atoms with van der Waals surface area (Å²) in [5.41, 5.74) is 3.00. The second-order valence-corrected chi connectivity index (χ2v) is 6.11. The molecule has 1 atom stereocenters. The van der Waals surface area contributed by atoms with Gasteiger partial charge in [-0.1, -0.05) is 6.07 Å². The first-order valence-electron chi connectivity index (χ1n) is 8.43. The monoisotopic (exact) mass is 338 g/mol. The number of ether oxygens (including phenoxy) is 2. The van der Waals surface area contributed by atoms with Gasteiger partial charge in [-0.15, -0.1) is 0 Å². The Morgan fingerprint density at radius 1 is 1.44 bits per heavy atom. The average Bonchev–Trinajstić information content (AvgIpc) is 2.94. The summed E-state index contributed by atoms with van der Waals surface area (Å²) in [6, 6.07) is 7.61. The zero-order chi connectivity index (χ0) is 17.8. The molecule has 25 heavy (non-hydrogen) atoms. The van der Waals surface area contributed by atoms with E-state index in [1.54, 1.807) is 18.3 Å². The van der Waals surface area contributed by atoms with Crippen LogP contribution in [0.4, 0.5) is 5.82 Å². The fourth-order valence-electron chi connectivity index (χ4n) is 2.74. The Morgan fingerprint density at radius 3 is 3.00 bits per heavy atom. The fourth-order valence-corrected chi connectivity index (χ4v) is 2.74. The molecule has 1 amide bonds. The summed E-state index contributed by atoms with van der Waals surface area (Å²) in [5.74, 6) is 1.90. The smallest absolute Gasteiger partial charge is 0.249 e. The third-order valence-corrected chi connectivity index (χ3v) is 3.91. The number of benzene rings is 1. The van der Waals surface area contributed by atoms with E-state index in [2.05, 4.69) is 10.3 Å². The van der Waals surface area contributed by atoms with Crippen molar-refractivity contribution in [3.63, 3.8) is 0 Å². The van der Waals surface area contributed by atoms with Crippen molar-refractivity contribution in [2.24, 2.45) is 0 Å². The number of nitrogens with one attached hydrogen (secondary N) is 1. The highest BCUT2D eigenvalue weighted by Gasteiger charge is 2.21. The van der Waals surface area contributed by atoms with E-state index in [1.807, 2.05) is 39.0 Å². The van der Waals surface area contributed by atoms with Crippen molar-refractivity contribution >= 4 is 17.8 Å². The second-order valence-electron chi connectivity index (χ2n) is 6.11. The molecule has 2 heterocycles. The molecule has 0 radical (unpaired) electrons. The van der Waals surface area contributed by atoms with E-state index >= 15 is 0 Å². The van der Waals surface area contributed by atoms with Gasteiger partial charge >= 0.3 is 0 Å². The quantitative estimate of drug-likeness (QED) is 0.843. The van der Waals surface area contributed by atoms with E-state index in [4.69, 9.17) is 9.47 Å². The van der Waals surface area contributed by atoms with Gasteiger partial charge in [-0.3, -0.25) is 4.79 Å². The first-order chi connectivity index (χ1) is 12.0. The molecule has 0 fully saturated rings. The SMILES string of the molecule is CCOc1cc2c(cc1/C=C/C(=O)Nc1ccc(C)cn1)OC(C)C2. The van der Waals surface area contributed by atoms with Crippen LogP contribution in [-0.4, -0.2) is 23.6 Å². The highest BCUT2D eigenvalue weighted by molar-refractivity contribution is 6.01. The molecule has 2 aromatic rings. The number of anilines is 1. The molecular weight excluding hydrogens is 316 g/mol. The number of aryl methyl sites for hydroxylation is 1. The minimum atomic E-state index is -0.242. The van der Waals surface area contributed by atoms with Crippen LogP contribution >= 0.6 is 0 Å². The normalized spacial score (nSPS) is 15.7. The zero-order valence-electron chi connectivity index (χ0n) is 14.7. The van der Waals surface area contributed by atoms with E-state index in [-0.39, 0.29) is 12.0 Å². The maximum absolute atomic E-state index is 12.1. The van der Waals surface area contributed by atoms with E-state index in [0.717, 1.165) is 34.6 Å². The molecule has 0 spiro atoms. The molecule has 0 saturated carbocycles. The van der Waals surface area contributed by atoms with Gasteiger partial charge in [0.25, 0.3) is 0 Å². The lowest BCUT2D eigenvalue weighted by molar-refractivity contribution is -0.111. The van der Waals surface area contributed by atoms with Gasteiger partial charge < -0.3 is 14.8 Å². The summed E-state index contributed by atoms with van der Waals surface area (Å²) in [4.78, 5) is 16.3. The van der Waals surface area contributed by atoms with Crippen LogP contribution in [0.3, 0.4) is 0 Å². The van der Waals surface area contributed by atoms with Gasteiger partial charge in [-0.05, 0) is 50.6 Å². The summed E-state index contributed by atoms with van der Waals surface area (Å²) in [6.07, 6.45) is 5.97. The third kappa shape index (κ3) is 4.18. The highest BCUT2D eigenvalue weighted by atomic mass is 16.5. The van der Waals surface area contributed by atoms with Crippen LogP contribution in [0.1, 0.15) is 30.5 Å². The number of aromatic nitrogens is 1. The van der Waals surface area contributed by atoms with Gasteiger partial charge in [0.1, 0.15) is 23.4 Å². The number of rotatable bonds is 5. The van der Waals surface area contributed by atoms with Crippen LogP contribution in [0.2, 0.25) is 0 Å². The van der Waals surface area contributed by atoms with Gasteiger partial charge in [-0.25, -0.2) is 4.98 Å². The molecule has 0 bridgehead atoms. The summed E-state index contributed by atoms with van der Waals surface area (Å²) in [5, 5.41) is 2.74. The average molecular weight is 338 g/mol. The lowest BCUT2D eigenvalue weighted by Gasteiger charge is -2.10. The summed E-state index contributed by atoms with van der Waals surface area (Å²) in [6.45, 7) is 6.49. The Kier molecular flexibility index (Phi) is 5.03. The van der Waals surface area contributed by atoms with E-state index in [9.17, 15) is 4.79 Å². The molecule has 1 aliphatic rings. The topological polar surface area (TPSA) is 60.5 Å². The van der Waals surface area contributed by atoms with Crippen LogP contribution in [0.15, 0.2) is 36.5 Å². The zero-order valence-corrected chi connectivity index (χ0v) is 14.7. The minimum absolute atomic E-state index is 0.166. The van der Waals surface area contributed by atoms with Crippen LogP contribution in [-0.2, 0) is 11.2 Å². The molecule has 1 N–H and O–H groups in total. The van der Waals surface area contributed by atoms with Crippen LogP contribution in [0, 0.1) is 6.92 Å². The van der Waals surface area contributed by atoms with Crippen LogP contribution < -0.4 is 14.8 Å². The van der Waals surface area contributed by atoms with Crippen molar-refractivity contribution in [1.82, 2.24) is 4.98 Å². The maximum atomic E-state index is 12.1. The minimum Gasteiger partial charge on any atom is -0.493 e. The van der Waals surface area contributed by atoms with Gasteiger partial charge in [0.2, 0.25) is 5.91 Å². The number of fused-ring (bicyclic) bond motifs is 1.